The fourth-order valence-corrected chi connectivity index (χ4v) is 3.75. The molecule has 2 aromatic heterocycles. The van der Waals surface area contributed by atoms with Crippen molar-refractivity contribution in [2.24, 2.45) is 0 Å². The number of Topliss-reactive ketones (excluding diaryl/α,β-unsaturated/α-hetero) is 1. The van der Waals surface area contributed by atoms with Gasteiger partial charge >= 0.3 is 0 Å². The molecule has 0 spiro atoms. The van der Waals surface area contributed by atoms with Crippen LogP contribution in [-0.2, 0) is 6.42 Å². The molecule has 0 amide bonds. The number of pyridine rings is 1. The monoisotopic (exact) mass is 434 g/mol. The van der Waals surface area contributed by atoms with Crippen LogP contribution in [0.2, 0.25) is 0 Å². The second kappa shape index (κ2) is 8.96. The molecule has 5 rings (SSSR count). The Hall–Kier alpha value is -4.45. The van der Waals surface area contributed by atoms with Crippen molar-refractivity contribution >= 4 is 23.1 Å². The number of fused-ring (bicyclic) bond motifs is 1. The van der Waals surface area contributed by atoms with Gasteiger partial charge in [0.05, 0.1) is 12.8 Å². The number of nitrogens with zero attached hydrogens (tertiary/aromatic N) is 3. The van der Waals surface area contributed by atoms with Gasteiger partial charge < -0.3 is 10.1 Å². The fourth-order valence-electron chi connectivity index (χ4n) is 3.75. The number of methoxy groups -OCH3 is 1. The molecule has 5 aromatic rings. The standard InChI is InChI=1S/C27H22N4O2/c1-33-25-13-6-5-12-23(25)28-27-29-26-15-14-22(18-31(26)30-27)21-11-7-8-19(16-21)17-24(32)20-9-3-2-4-10-20/h2-16,18H,17H2,1H3,(H,28,30). The minimum atomic E-state index is 0.103. The predicted octanol–water partition coefficient (Wildman–Crippen LogP) is 5.57. The van der Waals surface area contributed by atoms with Gasteiger partial charge in [0.15, 0.2) is 11.4 Å². The van der Waals surface area contributed by atoms with E-state index in [-0.39, 0.29) is 5.78 Å². The lowest BCUT2D eigenvalue weighted by atomic mass is 9.99. The van der Waals surface area contributed by atoms with Crippen molar-refractivity contribution in [3.8, 4) is 16.9 Å². The smallest absolute Gasteiger partial charge is 0.247 e. The average Bonchev–Trinajstić information content (AvgIpc) is 3.26. The number of carbonyl (C=O) groups is 1. The van der Waals surface area contributed by atoms with E-state index in [1.54, 1.807) is 11.6 Å². The zero-order valence-electron chi connectivity index (χ0n) is 18.1. The van der Waals surface area contributed by atoms with Crippen LogP contribution in [0.4, 0.5) is 11.6 Å². The van der Waals surface area contributed by atoms with Crippen LogP contribution < -0.4 is 10.1 Å². The first-order valence-corrected chi connectivity index (χ1v) is 10.6. The topological polar surface area (TPSA) is 68.5 Å². The number of ether oxygens (including phenoxy) is 1. The molecule has 2 heterocycles. The lowest BCUT2D eigenvalue weighted by molar-refractivity contribution is 0.0993. The number of ketones is 1. The summed E-state index contributed by atoms with van der Waals surface area (Å²) >= 11 is 0. The van der Waals surface area contributed by atoms with E-state index in [0.717, 1.165) is 39.3 Å². The molecule has 0 radical (unpaired) electrons. The van der Waals surface area contributed by atoms with Crippen LogP contribution in [0.3, 0.4) is 0 Å². The van der Waals surface area contributed by atoms with Gasteiger partial charge in [-0.1, -0.05) is 66.7 Å². The molecule has 0 aliphatic heterocycles. The highest BCUT2D eigenvalue weighted by Gasteiger charge is 2.10. The zero-order chi connectivity index (χ0) is 22.6. The lowest BCUT2D eigenvalue weighted by Crippen LogP contribution is -2.03. The van der Waals surface area contributed by atoms with E-state index in [1.807, 2.05) is 97.2 Å². The molecule has 0 aliphatic carbocycles. The summed E-state index contributed by atoms with van der Waals surface area (Å²) in [5, 5.41) is 7.78. The van der Waals surface area contributed by atoms with Gasteiger partial charge in [0.1, 0.15) is 5.75 Å². The quantitative estimate of drug-likeness (QED) is 0.339. The Balaban J connectivity index is 1.39. The Bertz CT molecular complexity index is 1430. The molecule has 0 atom stereocenters. The summed E-state index contributed by atoms with van der Waals surface area (Å²) in [4.78, 5) is 17.1. The van der Waals surface area contributed by atoms with Crippen molar-refractivity contribution in [3.05, 3.63) is 108 Å². The van der Waals surface area contributed by atoms with Crippen LogP contribution in [0.15, 0.2) is 97.2 Å². The molecule has 0 aliphatic rings. The molecule has 162 valence electrons. The van der Waals surface area contributed by atoms with E-state index in [2.05, 4.69) is 15.4 Å². The molecule has 33 heavy (non-hydrogen) atoms. The summed E-state index contributed by atoms with van der Waals surface area (Å²) in [5.41, 5.74) is 5.23. The summed E-state index contributed by atoms with van der Waals surface area (Å²) < 4.78 is 7.13. The third kappa shape index (κ3) is 4.45. The minimum Gasteiger partial charge on any atom is -0.495 e. The molecule has 0 saturated heterocycles. The number of anilines is 2. The second-order valence-corrected chi connectivity index (χ2v) is 7.65. The highest BCUT2D eigenvalue weighted by atomic mass is 16.5. The number of carbonyl (C=O) groups excluding carboxylic acids is 1. The molecule has 3 aromatic carbocycles. The van der Waals surface area contributed by atoms with Crippen LogP contribution in [0, 0.1) is 0 Å². The Labute approximate surface area is 191 Å². The fraction of sp³-hybridized carbons (Fsp3) is 0.0741. The Morgan fingerprint density at radius 1 is 0.909 bits per heavy atom. The SMILES string of the molecule is COc1ccccc1Nc1nc2ccc(-c3cccc(CC(=O)c4ccccc4)c3)cn2n1. The van der Waals surface area contributed by atoms with Gasteiger partial charge in [-0.2, -0.15) is 4.98 Å². The molecule has 6 nitrogen and oxygen atoms in total. The molecule has 0 saturated carbocycles. The molecule has 0 fully saturated rings. The number of hydrogen-bond acceptors (Lipinski definition) is 5. The first-order valence-electron chi connectivity index (χ1n) is 10.6. The molecule has 0 unspecified atom stereocenters. The largest absolute Gasteiger partial charge is 0.495 e. The van der Waals surface area contributed by atoms with Gasteiger partial charge in [-0.15, -0.1) is 5.10 Å². The average molecular weight is 434 g/mol. The molecule has 0 bridgehead atoms. The molecule has 1 N–H and O–H groups in total. The summed E-state index contributed by atoms with van der Waals surface area (Å²) in [7, 11) is 1.63. The Morgan fingerprint density at radius 3 is 2.58 bits per heavy atom. The predicted molar refractivity (Wildman–Crippen MR) is 129 cm³/mol. The number of nitrogens with one attached hydrogen (secondary N) is 1. The normalized spacial score (nSPS) is 10.8. The maximum atomic E-state index is 12.6. The maximum absolute atomic E-state index is 12.6. The third-order valence-electron chi connectivity index (χ3n) is 5.41. The van der Waals surface area contributed by atoms with Crippen molar-refractivity contribution in [2.45, 2.75) is 6.42 Å². The second-order valence-electron chi connectivity index (χ2n) is 7.65. The van der Waals surface area contributed by atoms with E-state index >= 15 is 0 Å². The number of rotatable bonds is 7. The highest BCUT2D eigenvalue weighted by Crippen LogP contribution is 2.27. The van der Waals surface area contributed by atoms with E-state index in [9.17, 15) is 4.79 Å². The molecular weight excluding hydrogens is 412 g/mol. The van der Waals surface area contributed by atoms with Crippen LogP contribution in [0.5, 0.6) is 5.75 Å². The molecular formula is C27H22N4O2. The van der Waals surface area contributed by atoms with Gasteiger partial charge in [-0.25, -0.2) is 4.52 Å². The number of para-hydroxylation sites is 2. The summed E-state index contributed by atoms with van der Waals surface area (Å²) in [5.74, 6) is 1.31. The van der Waals surface area contributed by atoms with Crippen LogP contribution in [0.1, 0.15) is 15.9 Å². The first-order chi connectivity index (χ1) is 16.2. The van der Waals surface area contributed by atoms with E-state index in [4.69, 9.17) is 4.74 Å². The third-order valence-corrected chi connectivity index (χ3v) is 5.41. The molecule has 6 heteroatoms. The van der Waals surface area contributed by atoms with Crippen LogP contribution >= 0.6 is 0 Å². The van der Waals surface area contributed by atoms with E-state index in [0.29, 0.717) is 12.4 Å². The first kappa shape index (κ1) is 20.5. The van der Waals surface area contributed by atoms with Gasteiger partial charge in [0, 0.05) is 23.7 Å². The van der Waals surface area contributed by atoms with Gasteiger partial charge in [-0.3, -0.25) is 4.79 Å². The van der Waals surface area contributed by atoms with Crippen molar-refractivity contribution in [3.63, 3.8) is 0 Å². The van der Waals surface area contributed by atoms with Crippen molar-refractivity contribution in [1.82, 2.24) is 14.6 Å². The summed E-state index contributed by atoms with van der Waals surface area (Å²) in [6, 6.07) is 29.0. The van der Waals surface area contributed by atoms with Crippen LogP contribution in [0.25, 0.3) is 16.8 Å². The number of hydrogen-bond donors (Lipinski definition) is 1. The number of benzene rings is 3. The van der Waals surface area contributed by atoms with Crippen molar-refractivity contribution in [2.75, 3.05) is 12.4 Å². The highest BCUT2D eigenvalue weighted by molar-refractivity contribution is 5.97. The summed E-state index contributed by atoms with van der Waals surface area (Å²) in [6.07, 6.45) is 2.30. The minimum absolute atomic E-state index is 0.103. The summed E-state index contributed by atoms with van der Waals surface area (Å²) in [6.45, 7) is 0. The van der Waals surface area contributed by atoms with Gasteiger partial charge in [0.25, 0.3) is 0 Å². The van der Waals surface area contributed by atoms with E-state index in [1.165, 1.54) is 0 Å². The van der Waals surface area contributed by atoms with Gasteiger partial charge in [0.2, 0.25) is 5.95 Å². The maximum Gasteiger partial charge on any atom is 0.247 e. The lowest BCUT2D eigenvalue weighted by Gasteiger charge is -2.07. The van der Waals surface area contributed by atoms with Crippen molar-refractivity contribution < 1.29 is 9.53 Å². The van der Waals surface area contributed by atoms with Gasteiger partial charge in [-0.05, 0) is 35.4 Å². The Morgan fingerprint density at radius 2 is 1.73 bits per heavy atom. The Kier molecular flexibility index (Phi) is 5.55. The van der Waals surface area contributed by atoms with E-state index < -0.39 is 0 Å². The number of aromatic nitrogens is 3. The van der Waals surface area contributed by atoms with Crippen LogP contribution in [-0.4, -0.2) is 27.5 Å². The zero-order valence-corrected chi connectivity index (χ0v) is 18.1. The van der Waals surface area contributed by atoms with Crippen molar-refractivity contribution in [1.29, 1.82) is 0 Å².